The fourth-order valence-corrected chi connectivity index (χ4v) is 5.47. The lowest BCUT2D eigenvalue weighted by Gasteiger charge is -2.32. The summed E-state index contributed by atoms with van der Waals surface area (Å²) in [5.74, 6) is 1.24. The van der Waals surface area contributed by atoms with Crippen LogP contribution in [-0.2, 0) is 16.1 Å². The molecule has 0 bridgehead atoms. The number of hydrogen-bond acceptors (Lipinski definition) is 7. The number of nitrogens with one attached hydrogen (secondary N) is 1. The topological polar surface area (TPSA) is 93.7 Å². The molecule has 4 aromatic rings. The molecule has 1 aromatic heterocycles. The Kier molecular flexibility index (Phi) is 10.8. The van der Waals surface area contributed by atoms with Gasteiger partial charge < -0.3 is 19.7 Å². The normalized spacial score (nSPS) is 11.6. The van der Waals surface area contributed by atoms with Crippen molar-refractivity contribution in [1.29, 1.82) is 0 Å². The van der Waals surface area contributed by atoms with Crippen molar-refractivity contribution < 1.29 is 19.1 Å². The number of nitrogens with zero attached hydrogens (tertiary/aromatic N) is 3. The third-order valence-corrected chi connectivity index (χ3v) is 7.79. The molecule has 224 valence electrons. The van der Waals surface area contributed by atoms with Crippen molar-refractivity contribution >= 4 is 29.3 Å². The molecule has 0 fully saturated rings. The second-order valence-electron chi connectivity index (χ2n) is 10.5. The second kappa shape index (κ2) is 14.7. The van der Waals surface area contributed by atoms with Crippen LogP contribution in [0.1, 0.15) is 53.9 Å². The van der Waals surface area contributed by atoms with Crippen molar-refractivity contribution in [3.05, 3.63) is 107 Å². The van der Waals surface area contributed by atoms with Crippen LogP contribution in [0.4, 0.5) is 5.69 Å². The number of carbonyl (C=O) groups is 2. The Hall–Kier alpha value is -4.37. The van der Waals surface area contributed by atoms with Gasteiger partial charge in [0.05, 0.1) is 20.0 Å². The monoisotopic (exact) mass is 598 g/mol. The average Bonchev–Trinajstić information content (AvgIpc) is 3.00. The van der Waals surface area contributed by atoms with E-state index in [2.05, 4.69) is 29.1 Å². The van der Waals surface area contributed by atoms with Gasteiger partial charge in [-0.15, -0.1) is 0 Å². The maximum atomic E-state index is 14.1. The van der Waals surface area contributed by atoms with Crippen LogP contribution in [0.2, 0.25) is 0 Å². The molecule has 0 saturated heterocycles. The first kappa shape index (κ1) is 31.6. The van der Waals surface area contributed by atoms with E-state index in [9.17, 15) is 9.59 Å². The molecule has 1 heterocycles. The van der Waals surface area contributed by atoms with E-state index in [1.54, 1.807) is 43.4 Å². The third kappa shape index (κ3) is 8.58. The molecule has 9 heteroatoms. The molecule has 0 saturated carbocycles. The minimum absolute atomic E-state index is 0.0649. The Morgan fingerprint density at radius 2 is 1.35 bits per heavy atom. The summed E-state index contributed by atoms with van der Waals surface area (Å²) in [7, 11) is 3.20. The average molecular weight is 599 g/mol. The Morgan fingerprint density at radius 3 is 1.88 bits per heavy atom. The van der Waals surface area contributed by atoms with Crippen LogP contribution in [0.15, 0.2) is 84.0 Å². The molecule has 3 aromatic carbocycles. The Bertz CT molecular complexity index is 1500. The number of benzene rings is 3. The van der Waals surface area contributed by atoms with Crippen LogP contribution >= 0.6 is 11.8 Å². The first-order valence-corrected chi connectivity index (χ1v) is 15.1. The number of methoxy groups -OCH3 is 2. The van der Waals surface area contributed by atoms with Gasteiger partial charge in [0, 0.05) is 23.6 Å². The van der Waals surface area contributed by atoms with Gasteiger partial charge >= 0.3 is 0 Å². The van der Waals surface area contributed by atoms with Crippen LogP contribution in [-0.4, -0.2) is 46.7 Å². The molecule has 0 aliphatic rings. The van der Waals surface area contributed by atoms with Gasteiger partial charge in [-0.2, -0.15) is 0 Å². The highest BCUT2D eigenvalue weighted by Gasteiger charge is 2.32. The second-order valence-corrected chi connectivity index (χ2v) is 11.5. The first-order chi connectivity index (χ1) is 20.7. The van der Waals surface area contributed by atoms with E-state index in [-0.39, 0.29) is 24.1 Å². The van der Waals surface area contributed by atoms with E-state index in [0.29, 0.717) is 33.8 Å². The first-order valence-electron chi connectivity index (χ1n) is 14.1. The van der Waals surface area contributed by atoms with Gasteiger partial charge in [0.1, 0.15) is 17.5 Å². The lowest BCUT2D eigenvalue weighted by atomic mass is 9.97. The van der Waals surface area contributed by atoms with E-state index in [1.807, 2.05) is 68.4 Å². The molecule has 43 heavy (non-hydrogen) atoms. The lowest BCUT2D eigenvalue weighted by Crippen LogP contribution is -2.41. The van der Waals surface area contributed by atoms with Gasteiger partial charge in [0.2, 0.25) is 5.91 Å². The molecule has 0 unspecified atom stereocenters. The fourth-order valence-electron chi connectivity index (χ4n) is 4.64. The van der Waals surface area contributed by atoms with Crippen molar-refractivity contribution in [1.82, 2.24) is 14.9 Å². The summed E-state index contributed by atoms with van der Waals surface area (Å²) < 4.78 is 10.6. The number of ether oxygens (including phenoxy) is 2. The van der Waals surface area contributed by atoms with Gasteiger partial charge in [-0.25, -0.2) is 9.97 Å². The summed E-state index contributed by atoms with van der Waals surface area (Å²) in [6.07, 6.45) is 0. The molecule has 0 aliphatic heterocycles. The van der Waals surface area contributed by atoms with Crippen molar-refractivity contribution in [2.75, 3.05) is 25.3 Å². The van der Waals surface area contributed by atoms with E-state index in [0.717, 1.165) is 22.5 Å². The van der Waals surface area contributed by atoms with E-state index in [4.69, 9.17) is 9.47 Å². The van der Waals surface area contributed by atoms with Crippen molar-refractivity contribution in [2.24, 2.45) is 0 Å². The van der Waals surface area contributed by atoms with Crippen LogP contribution in [0.25, 0.3) is 0 Å². The quantitative estimate of drug-likeness (QED) is 0.143. The molecular weight excluding hydrogens is 560 g/mol. The summed E-state index contributed by atoms with van der Waals surface area (Å²) in [6.45, 7) is 8.25. The highest BCUT2D eigenvalue weighted by atomic mass is 32.2. The molecule has 0 aliphatic carbocycles. The van der Waals surface area contributed by atoms with Crippen LogP contribution in [0, 0.1) is 13.8 Å². The number of aryl methyl sites for hydroxylation is 2. The summed E-state index contributed by atoms with van der Waals surface area (Å²) >= 11 is 1.26. The highest BCUT2D eigenvalue weighted by molar-refractivity contribution is 7.99. The maximum Gasteiger partial charge on any atom is 0.251 e. The number of rotatable bonds is 12. The van der Waals surface area contributed by atoms with Crippen molar-refractivity contribution in [3.63, 3.8) is 0 Å². The summed E-state index contributed by atoms with van der Waals surface area (Å²) in [6, 6.07) is 23.5. The molecule has 0 radical (unpaired) electrons. The van der Waals surface area contributed by atoms with Crippen molar-refractivity contribution in [3.8, 4) is 11.5 Å². The molecule has 1 atom stereocenters. The Balaban J connectivity index is 1.72. The molecule has 8 nitrogen and oxygen atoms in total. The van der Waals surface area contributed by atoms with E-state index < -0.39 is 6.04 Å². The molecule has 4 rings (SSSR count). The van der Waals surface area contributed by atoms with Gasteiger partial charge in [-0.1, -0.05) is 62.0 Å². The predicted octanol–water partition coefficient (Wildman–Crippen LogP) is 6.73. The number of amides is 2. The van der Waals surface area contributed by atoms with Gasteiger partial charge in [0.15, 0.2) is 5.16 Å². The lowest BCUT2D eigenvalue weighted by molar-refractivity contribution is -0.137. The largest absolute Gasteiger partial charge is 0.497 e. The number of thioether (sulfide) groups is 1. The SMILES string of the molecule is COc1ccc(CN(C(=O)CSc2nc(C)cc(C)n2)[C@H](C(=O)Nc2ccc(OC)cc2)c2ccc(C(C)C)cc2)cc1. The zero-order valence-corrected chi connectivity index (χ0v) is 26.3. The highest BCUT2D eigenvalue weighted by Crippen LogP contribution is 2.29. The van der Waals surface area contributed by atoms with Crippen LogP contribution in [0.5, 0.6) is 11.5 Å². The predicted molar refractivity (Wildman–Crippen MR) is 171 cm³/mol. The molecule has 0 spiro atoms. The summed E-state index contributed by atoms with van der Waals surface area (Å²) in [5, 5.41) is 3.54. The standard InChI is InChI=1S/C34H38N4O4S/c1-22(2)26-9-11-27(12-10-26)32(33(40)37-28-13-17-30(42-6)18-14-28)38(20-25-7-15-29(41-5)16-8-25)31(39)21-43-34-35-23(3)19-24(4)36-34/h7-19,22,32H,20-21H2,1-6H3,(H,37,40)/t32-/m0/s1. The van der Waals surface area contributed by atoms with E-state index >= 15 is 0 Å². The molecule has 2 amide bonds. The molecule has 1 N–H and O–H groups in total. The van der Waals surface area contributed by atoms with Crippen LogP contribution < -0.4 is 14.8 Å². The minimum atomic E-state index is -0.904. The molecular formula is C34H38N4O4S. The Morgan fingerprint density at radius 1 is 0.814 bits per heavy atom. The fraction of sp³-hybridized carbons (Fsp3) is 0.294. The summed E-state index contributed by atoms with van der Waals surface area (Å²) in [5.41, 5.74) is 4.99. The van der Waals surface area contributed by atoms with E-state index in [1.165, 1.54) is 11.8 Å². The van der Waals surface area contributed by atoms with Gasteiger partial charge in [-0.3, -0.25) is 9.59 Å². The van der Waals surface area contributed by atoms with Crippen LogP contribution in [0.3, 0.4) is 0 Å². The van der Waals surface area contributed by atoms with Gasteiger partial charge in [0.25, 0.3) is 5.91 Å². The van der Waals surface area contributed by atoms with Crippen molar-refractivity contribution in [2.45, 2.75) is 51.4 Å². The van der Waals surface area contributed by atoms with Gasteiger partial charge in [-0.05, 0) is 78.9 Å². The number of anilines is 1. The minimum Gasteiger partial charge on any atom is -0.497 e. The maximum absolute atomic E-state index is 14.1. The third-order valence-electron chi connectivity index (χ3n) is 6.96. The number of aromatic nitrogens is 2. The smallest absolute Gasteiger partial charge is 0.251 e. The summed E-state index contributed by atoms with van der Waals surface area (Å²) in [4.78, 5) is 38.8. The number of carbonyl (C=O) groups excluding carboxylic acids is 2. The number of hydrogen-bond donors (Lipinski definition) is 1. The zero-order valence-electron chi connectivity index (χ0n) is 25.5. The zero-order chi connectivity index (χ0) is 30.9. The Labute approximate surface area is 257 Å².